The van der Waals surface area contributed by atoms with E-state index in [2.05, 4.69) is 83.8 Å². The van der Waals surface area contributed by atoms with Crippen molar-refractivity contribution in [1.82, 2.24) is 0 Å². The molecule has 0 saturated heterocycles. The highest BCUT2D eigenvalue weighted by Gasteiger charge is 2.46. The second kappa shape index (κ2) is 8.24. The second-order valence-corrected chi connectivity index (χ2v) is 9.92. The van der Waals surface area contributed by atoms with Crippen LogP contribution in [0.4, 0.5) is 17.1 Å². The van der Waals surface area contributed by atoms with E-state index >= 15 is 0 Å². The predicted octanol–water partition coefficient (Wildman–Crippen LogP) is 9.69. The molecule has 0 bridgehead atoms. The van der Waals surface area contributed by atoms with Crippen LogP contribution in [-0.4, -0.2) is 0 Å². The third kappa shape index (κ3) is 3.21. The van der Waals surface area contributed by atoms with Crippen LogP contribution in [0.1, 0.15) is 43.2 Å². The molecule has 0 atom stereocenters. The van der Waals surface area contributed by atoms with Crippen LogP contribution in [0.3, 0.4) is 0 Å². The number of rotatable bonds is 3. The Hall–Kier alpha value is -2.74. The summed E-state index contributed by atoms with van der Waals surface area (Å²) in [5.41, 5.74) is 8.87. The van der Waals surface area contributed by atoms with Gasteiger partial charge in [0.05, 0.1) is 21.4 Å². The molecule has 0 heterocycles. The van der Waals surface area contributed by atoms with E-state index < -0.39 is 0 Å². The lowest BCUT2D eigenvalue weighted by Crippen LogP contribution is -2.30. The lowest BCUT2D eigenvalue weighted by molar-refractivity contribution is 0.353. The fourth-order valence-electron chi connectivity index (χ4n) is 6.05. The Morgan fingerprint density at radius 3 is 2.09 bits per heavy atom. The molecular weight excluding hydrogens is 445 g/mol. The summed E-state index contributed by atoms with van der Waals surface area (Å²) >= 11 is 13.3. The van der Waals surface area contributed by atoms with E-state index in [1.54, 1.807) is 0 Å². The van der Waals surface area contributed by atoms with Crippen molar-refractivity contribution in [3.05, 3.63) is 112 Å². The molecular formula is C30H25Cl2N. The molecule has 0 radical (unpaired) electrons. The van der Waals surface area contributed by atoms with Crippen molar-refractivity contribution in [3.63, 3.8) is 0 Å². The largest absolute Gasteiger partial charge is 0.309 e. The highest BCUT2D eigenvalue weighted by molar-refractivity contribution is 6.44. The summed E-state index contributed by atoms with van der Waals surface area (Å²) in [5, 5.41) is 1.15. The summed E-state index contributed by atoms with van der Waals surface area (Å²) in [7, 11) is 0. The standard InChI is InChI=1S/C30H25Cl2N/c31-25-16-10-18-27(29(25)32)33(21-11-3-1-4-12-21)26-17-9-14-23-22-13-5-6-15-24(22)30(28(23)26)19-7-2-8-20-30/h1,3-6,9-18H,2,7-8,19-20H2. The van der Waals surface area contributed by atoms with Gasteiger partial charge in [0, 0.05) is 11.1 Å². The Labute approximate surface area is 205 Å². The summed E-state index contributed by atoms with van der Waals surface area (Å²) in [5.74, 6) is 0. The molecule has 33 heavy (non-hydrogen) atoms. The Morgan fingerprint density at radius 1 is 0.606 bits per heavy atom. The summed E-state index contributed by atoms with van der Waals surface area (Å²) in [4.78, 5) is 2.30. The van der Waals surface area contributed by atoms with E-state index in [9.17, 15) is 0 Å². The molecule has 164 valence electrons. The van der Waals surface area contributed by atoms with Gasteiger partial charge in [0.2, 0.25) is 0 Å². The molecule has 1 saturated carbocycles. The summed E-state index contributed by atoms with van der Waals surface area (Å²) in [6.45, 7) is 0. The van der Waals surface area contributed by atoms with Gasteiger partial charge in [-0.1, -0.05) is 103 Å². The molecule has 1 nitrogen and oxygen atoms in total. The zero-order valence-corrected chi connectivity index (χ0v) is 19.9. The third-order valence-corrected chi connectivity index (χ3v) is 8.20. The zero-order valence-electron chi connectivity index (χ0n) is 18.4. The summed E-state index contributed by atoms with van der Waals surface area (Å²) < 4.78 is 0. The molecule has 0 unspecified atom stereocenters. The van der Waals surface area contributed by atoms with Gasteiger partial charge < -0.3 is 4.90 Å². The monoisotopic (exact) mass is 469 g/mol. The maximum atomic E-state index is 6.83. The Morgan fingerprint density at radius 2 is 1.27 bits per heavy atom. The first-order valence-electron chi connectivity index (χ1n) is 11.7. The number of hydrogen-bond donors (Lipinski definition) is 0. The molecule has 0 aliphatic heterocycles. The van der Waals surface area contributed by atoms with Gasteiger partial charge in [0.15, 0.2) is 0 Å². The van der Waals surface area contributed by atoms with Crippen molar-refractivity contribution in [1.29, 1.82) is 0 Å². The Bertz CT molecular complexity index is 1320. The van der Waals surface area contributed by atoms with Gasteiger partial charge in [-0.05, 0) is 65.4 Å². The van der Waals surface area contributed by atoms with Crippen LogP contribution < -0.4 is 4.90 Å². The minimum Gasteiger partial charge on any atom is -0.309 e. The molecule has 4 aromatic rings. The van der Waals surface area contributed by atoms with Crippen LogP contribution in [0.2, 0.25) is 10.0 Å². The van der Waals surface area contributed by atoms with Crippen molar-refractivity contribution in [2.24, 2.45) is 0 Å². The van der Waals surface area contributed by atoms with Crippen LogP contribution in [0.15, 0.2) is 91.0 Å². The fraction of sp³-hybridized carbons (Fsp3) is 0.200. The smallest absolute Gasteiger partial charge is 0.0832 e. The van der Waals surface area contributed by atoms with Crippen LogP contribution in [-0.2, 0) is 5.41 Å². The second-order valence-electron chi connectivity index (χ2n) is 9.13. The maximum Gasteiger partial charge on any atom is 0.0832 e. The number of para-hydroxylation sites is 1. The van der Waals surface area contributed by atoms with Gasteiger partial charge in [-0.3, -0.25) is 0 Å². The van der Waals surface area contributed by atoms with E-state index in [1.165, 1.54) is 60.0 Å². The Kier molecular flexibility index (Phi) is 5.20. The third-order valence-electron chi connectivity index (χ3n) is 7.39. The minimum absolute atomic E-state index is 0.0405. The van der Waals surface area contributed by atoms with E-state index in [-0.39, 0.29) is 5.41 Å². The minimum atomic E-state index is 0.0405. The first kappa shape index (κ1) is 20.8. The first-order valence-corrected chi connectivity index (χ1v) is 12.5. The number of benzene rings is 4. The van der Waals surface area contributed by atoms with E-state index in [1.807, 2.05) is 12.1 Å². The molecule has 1 fully saturated rings. The molecule has 6 rings (SSSR count). The molecule has 0 N–H and O–H groups in total. The topological polar surface area (TPSA) is 3.24 Å². The molecule has 2 aliphatic carbocycles. The van der Waals surface area contributed by atoms with Gasteiger partial charge in [-0.25, -0.2) is 0 Å². The van der Waals surface area contributed by atoms with E-state index in [4.69, 9.17) is 23.2 Å². The quantitative estimate of drug-likeness (QED) is 0.288. The molecule has 1 spiro atoms. The number of nitrogens with zero attached hydrogens (tertiary/aromatic N) is 1. The number of hydrogen-bond acceptors (Lipinski definition) is 1. The molecule has 3 heteroatoms. The van der Waals surface area contributed by atoms with Crippen molar-refractivity contribution in [3.8, 4) is 11.1 Å². The van der Waals surface area contributed by atoms with Crippen LogP contribution in [0.25, 0.3) is 11.1 Å². The average Bonchev–Trinajstić information content (AvgIpc) is 3.13. The number of halogens is 2. The van der Waals surface area contributed by atoms with Crippen LogP contribution in [0, 0.1) is 0 Å². The van der Waals surface area contributed by atoms with Gasteiger partial charge >= 0.3 is 0 Å². The van der Waals surface area contributed by atoms with Crippen molar-refractivity contribution >= 4 is 40.3 Å². The van der Waals surface area contributed by atoms with Crippen molar-refractivity contribution < 1.29 is 0 Å². The summed E-state index contributed by atoms with van der Waals surface area (Å²) in [6, 6.07) is 32.1. The maximum absolute atomic E-state index is 6.83. The van der Waals surface area contributed by atoms with Gasteiger partial charge in [-0.2, -0.15) is 0 Å². The van der Waals surface area contributed by atoms with Crippen LogP contribution in [0.5, 0.6) is 0 Å². The highest BCUT2D eigenvalue weighted by Crippen LogP contribution is 2.59. The van der Waals surface area contributed by atoms with Gasteiger partial charge in [-0.15, -0.1) is 0 Å². The molecule has 0 amide bonds. The fourth-order valence-corrected chi connectivity index (χ4v) is 6.43. The molecule has 4 aromatic carbocycles. The van der Waals surface area contributed by atoms with Crippen molar-refractivity contribution in [2.45, 2.75) is 37.5 Å². The number of anilines is 3. The summed E-state index contributed by atoms with van der Waals surface area (Å²) in [6.07, 6.45) is 6.18. The van der Waals surface area contributed by atoms with Crippen LogP contribution >= 0.6 is 23.2 Å². The highest BCUT2D eigenvalue weighted by atomic mass is 35.5. The zero-order chi connectivity index (χ0) is 22.4. The first-order chi connectivity index (χ1) is 16.2. The lowest BCUT2D eigenvalue weighted by Gasteiger charge is -2.39. The number of fused-ring (bicyclic) bond motifs is 5. The average molecular weight is 470 g/mol. The van der Waals surface area contributed by atoms with Gasteiger partial charge in [0.1, 0.15) is 0 Å². The molecule has 2 aliphatic rings. The van der Waals surface area contributed by atoms with Gasteiger partial charge in [0.25, 0.3) is 0 Å². The van der Waals surface area contributed by atoms with E-state index in [0.717, 1.165) is 11.4 Å². The van der Waals surface area contributed by atoms with E-state index in [0.29, 0.717) is 10.0 Å². The SMILES string of the molecule is Clc1cccc(N(c2ccccc2)c2cccc3c2C2(CCCCC2)c2ccccc2-3)c1Cl. The Balaban J connectivity index is 1.67. The predicted molar refractivity (Wildman–Crippen MR) is 140 cm³/mol. The van der Waals surface area contributed by atoms with Crippen molar-refractivity contribution in [2.75, 3.05) is 4.90 Å². The lowest BCUT2D eigenvalue weighted by atomic mass is 9.67. The normalized spacial score (nSPS) is 15.8. The molecule has 0 aromatic heterocycles.